The zero-order valence-electron chi connectivity index (χ0n) is 15.2. The second-order valence-electron chi connectivity index (χ2n) is 7.37. The van der Waals surface area contributed by atoms with Crippen molar-refractivity contribution < 1.29 is 5.11 Å². The number of aliphatic hydroxyl groups is 1. The molecule has 26 heavy (non-hydrogen) atoms. The highest BCUT2D eigenvalue weighted by Crippen LogP contribution is 2.32. The number of unbranched alkanes of at least 4 members (excludes halogenated alkanes) is 1. The highest BCUT2D eigenvalue weighted by atomic mass is 16.3. The maximum absolute atomic E-state index is 10.9. The van der Waals surface area contributed by atoms with Crippen molar-refractivity contribution in [2.24, 2.45) is 0 Å². The van der Waals surface area contributed by atoms with Gasteiger partial charge in [0.1, 0.15) is 0 Å². The summed E-state index contributed by atoms with van der Waals surface area (Å²) < 4.78 is 2.25. The van der Waals surface area contributed by atoms with E-state index >= 15 is 0 Å². The van der Waals surface area contributed by atoms with E-state index in [-0.39, 0.29) is 0 Å². The van der Waals surface area contributed by atoms with Crippen LogP contribution in [-0.4, -0.2) is 39.2 Å². The SMILES string of the molecule is OC1(c2ccccc2)CCN(CCCCn2cnc3ccccc32)CC1. The fourth-order valence-electron chi connectivity index (χ4n) is 3.99. The Bertz CT molecular complexity index is 835. The van der Waals surface area contributed by atoms with Crippen molar-refractivity contribution in [1.29, 1.82) is 0 Å². The van der Waals surface area contributed by atoms with Crippen LogP contribution in [0.5, 0.6) is 0 Å². The van der Waals surface area contributed by atoms with Gasteiger partial charge in [-0.1, -0.05) is 42.5 Å². The van der Waals surface area contributed by atoms with Crippen LogP contribution in [0.4, 0.5) is 0 Å². The molecule has 4 heteroatoms. The van der Waals surface area contributed by atoms with Gasteiger partial charge in [0, 0.05) is 19.6 Å². The van der Waals surface area contributed by atoms with Crippen molar-refractivity contribution in [3.05, 3.63) is 66.5 Å². The standard InChI is InChI=1S/C22H27N3O/c26-22(19-8-2-1-3-9-19)12-16-24(17-13-22)14-6-7-15-25-18-23-20-10-4-5-11-21(20)25/h1-5,8-11,18,26H,6-7,12-17H2. The van der Waals surface area contributed by atoms with Gasteiger partial charge in [-0.15, -0.1) is 0 Å². The maximum Gasteiger partial charge on any atom is 0.0958 e. The molecule has 0 spiro atoms. The summed E-state index contributed by atoms with van der Waals surface area (Å²) in [5.41, 5.74) is 2.71. The van der Waals surface area contributed by atoms with Gasteiger partial charge in [0.15, 0.2) is 0 Å². The summed E-state index contributed by atoms with van der Waals surface area (Å²) in [5, 5.41) is 10.9. The van der Waals surface area contributed by atoms with Crippen molar-refractivity contribution in [3.8, 4) is 0 Å². The lowest BCUT2D eigenvalue weighted by atomic mass is 9.84. The molecule has 1 aromatic heterocycles. The summed E-state index contributed by atoms with van der Waals surface area (Å²) >= 11 is 0. The summed E-state index contributed by atoms with van der Waals surface area (Å²) in [6.45, 7) is 4.07. The van der Waals surface area contributed by atoms with E-state index in [0.717, 1.165) is 56.5 Å². The van der Waals surface area contributed by atoms with Gasteiger partial charge in [-0.3, -0.25) is 0 Å². The number of rotatable bonds is 6. The lowest BCUT2D eigenvalue weighted by Gasteiger charge is -2.38. The molecule has 0 amide bonds. The monoisotopic (exact) mass is 349 g/mol. The largest absolute Gasteiger partial charge is 0.385 e. The molecule has 1 saturated heterocycles. The Morgan fingerprint density at radius 3 is 2.38 bits per heavy atom. The van der Waals surface area contributed by atoms with Gasteiger partial charge >= 0.3 is 0 Å². The van der Waals surface area contributed by atoms with Crippen molar-refractivity contribution >= 4 is 11.0 Å². The molecule has 0 unspecified atom stereocenters. The molecular weight excluding hydrogens is 322 g/mol. The van der Waals surface area contributed by atoms with Crippen LogP contribution in [0.1, 0.15) is 31.2 Å². The van der Waals surface area contributed by atoms with Gasteiger partial charge in [-0.2, -0.15) is 0 Å². The molecular formula is C22H27N3O. The Morgan fingerprint density at radius 2 is 1.58 bits per heavy atom. The summed E-state index contributed by atoms with van der Waals surface area (Å²) in [6.07, 6.45) is 5.92. The number of aromatic nitrogens is 2. The number of aryl methyl sites for hydroxylation is 1. The van der Waals surface area contributed by atoms with E-state index in [4.69, 9.17) is 0 Å². The van der Waals surface area contributed by atoms with Crippen LogP contribution in [0.3, 0.4) is 0 Å². The number of nitrogens with zero attached hydrogens (tertiary/aromatic N) is 3. The highest BCUT2D eigenvalue weighted by Gasteiger charge is 2.33. The molecule has 0 aliphatic carbocycles. The van der Waals surface area contributed by atoms with E-state index in [1.807, 2.05) is 42.7 Å². The fraction of sp³-hybridized carbons (Fsp3) is 0.409. The minimum Gasteiger partial charge on any atom is -0.385 e. The van der Waals surface area contributed by atoms with Gasteiger partial charge in [-0.25, -0.2) is 4.98 Å². The zero-order valence-corrected chi connectivity index (χ0v) is 15.2. The number of imidazole rings is 1. The Kier molecular flexibility index (Phi) is 5.05. The number of para-hydroxylation sites is 2. The van der Waals surface area contributed by atoms with Gasteiger partial charge in [0.2, 0.25) is 0 Å². The molecule has 0 radical (unpaired) electrons. The Balaban J connectivity index is 1.23. The molecule has 4 rings (SSSR count). The third kappa shape index (κ3) is 3.67. The van der Waals surface area contributed by atoms with E-state index in [0.29, 0.717) is 0 Å². The number of likely N-dealkylation sites (tertiary alicyclic amines) is 1. The first-order chi connectivity index (χ1) is 12.7. The molecule has 0 atom stereocenters. The van der Waals surface area contributed by atoms with Gasteiger partial charge < -0.3 is 14.6 Å². The molecule has 2 heterocycles. The fourth-order valence-corrected chi connectivity index (χ4v) is 3.99. The molecule has 1 fully saturated rings. The second-order valence-corrected chi connectivity index (χ2v) is 7.37. The predicted octanol–water partition coefficient (Wildman–Crippen LogP) is 3.80. The van der Waals surface area contributed by atoms with E-state index in [1.54, 1.807) is 0 Å². The molecule has 3 aromatic rings. The van der Waals surface area contributed by atoms with E-state index in [2.05, 4.69) is 32.7 Å². The normalized spacial score (nSPS) is 17.6. The quantitative estimate of drug-likeness (QED) is 0.688. The van der Waals surface area contributed by atoms with Gasteiger partial charge in [0.25, 0.3) is 0 Å². The van der Waals surface area contributed by atoms with E-state index in [1.165, 1.54) is 11.9 Å². The van der Waals surface area contributed by atoms with Gasteiger partial charge in [-0.05, 0) is 49.9 Å². The maximum atomic E-state index is 10.9. The lowest BCUT2D eigenvalue weighted by Crippen LogP contribution is -2.42. The van der Waals surface area contributed by atoms with Crippen LogP contribution in [0.25, 0.3) is 11.0 Å². The molecule has 1 aliphatic heterocycles. The minimum absolute atomic E-state index is 0.645. The van der Waals surface area contributed by atoms with E-state index in [9.17, 15) is 5.11 Å². The predicted molar refractivity (Wildman–Crippen MR) is 105 cm³/mol. The Morgan fingerprint density at radius 1 is 0.885 bits per heavy atom. The molecule has 1 aliphatic rings. The Labute approximate surface area is 155 Å². The van der Waals surface area contributed by atoms with E-state index < -0.39 is 5.60 Å². The van der Waals surface area contributed by atoms with Crippen molar-refractivity contribution in [2.45, 2.75) is 37.8 Å². The topological polar surface area (TPSA) is 41.3 Å². The smallest absolute Gasteiger partial charge is 0.0958 e. The molecule has 1 N–H and O–H groups in total. The van der Waals surface area contributed by atoms with Crippen LogP contribution in [0, 0.1) is 0 Å². The average Bonchev–Trinajstić information content (AvgIpc) is 3.11. The molecule has 136 valence electrons. The third-order valence-electron chi connectivity index (χ3n) is 5.65. The number of hydrogen-bond acceptors (Lipinski definition) is 3. The zero-order chi connectivity index (χ0) is 17.8. The van der Waals surface area contributed by atoms with Crippen LogP contribution >= 0.6 is 0 Å². The van der Waals surface area contributed by atoms with Gasteiger partial charge in [0.05, 0.1) is 23.0 Å². The van der Waals surface area contributed by atoms with Crippen LogP contribution < -0.4 is 0 Å². The number of benzene rings is 2. The minimum atomic E-state index is -0.645. The first-order valence-corrected chi connectivity index (χ1v) is 9.65. The van der Waals surface area contributed by atoms with Crippen molar-refractivity contribution in [1.82, 2.24) is 14.5 Å². The molecule has 0 saturated carbocycles. The number of piperidine rings is 1. The van der Waals surface area contributed by atoms with Crippen LogP contribution in [-0.2, 0) is 12.1 Å². The van der Waals surface area contributed by atoms with Crippen LogP contribution in [0.2, 0.25) is 0 Å². The number of fused-ring (bicyclic) bond motifs is 1. The molecule has 2 aromatic carbocycles. The summed E-state index contributed by atoms with van der Waals surface area (Å²) in [5.74, 6) is 0. The first-order valence-electron chi connectivity index (χ1n) is 9.65. The van der Waals surface area contributed by atoms with Crippen LogP contribution in [0.15, 0.2) is 60.9 Å². The molecule has 0 bridgehead atoms. The summed E-state index contributed by atoms with van der Waals surface area (Å²) in [6, 6.07) is 18.4. The van der Waals surface area contributed by atoms with Crippen molar-refractivity contribution in [2.75, 3.05) is 19.6 Å². The summed E-state index contributed by atoms with van der Waals surface area (Å²) in [4.78, 5) is 6.95. The highest BCUT2D eigenvalue weighted by molar-refractivity contribution is 5.74. The second kappa shape index (κ2) is 7.60. The lowest BCUT2D eigenvalue weighted by molar-refractivity contribution is -0.0261. The first kappa shape index (κ1) is 17.3. The average molecular weight is 349 g/mol. The third-order valence-corrected chi connectivity index (χ3v) is 5.65. The van der Waals surface area contributed by atoms with Crippen molar-refractivity contribution in [3.63, 3.8) is 0 Å². The Hall–Kier alpha value is -2.17. The molecule has 4 nitrogen and oxygen atoms in total. The summed E-state index contributed by atoms with van der Waals surface area (Å²) in [7, 11) is 0. The number of hydrogen-bond donors (Lipinski definition) is 1.